The fourth-order valence-electron chi connectivity index (χ4n) is 2.04. The second-order valence-electron chi connectivity index (χ2n) is 6.78. The van der Waals surface area contributed by atoms with Gasteiger partial charge in [0.05, 0.1) is 18.7 Å². The molecule has 0 aliphatic heterocycles. The Hall–Kier alpha value is -1.10. The largest absolute Gasteiger partial charge is 0.413 e. The minimum Gasteiger partial charge on any atom is -0.413 e. The number of allylic oxidation sites excluding steroid dienone is 1. The van der Waals surface area contributed by atoms with E-state index in [9.17, 15) is 10.5 Å². The molecule has 1 rings (SSSR count). The fraction of sp³-hybridized carbons (Fsp3) is 0.733. The summed E-state index contributed by atoms with van der Waals surface area (Å²) in [5.41, 5.74) is 0.0628. The van der Waals surface area contributed by atoms with E-state index >= 15 is 0 Å². The van der Waals surface area contributed by atoms with E-state index in [4.69, 9.17) is 4.43 Å². The minimum absolute atomic E-state index is 0.183. The van der Waals surface area contributed by atoms with Gasteiger partial charge in [0.15, 0.2) is 13.7 Å². The van der Waals surface area contributed by atoms with E-state index in [1.165, 1.54) is 0 Å². The van der Waals surface area contributed by atoms with Crippen molar-refractivity contribution in [2.75, 3.05) is 6.61 Å². The maximum absolute atomic E-state index is 9.23. The summed E-state index contributed by atoms with van der Waals surface area (Å²) >= 11 is 0. The highest BCUT2D eigenvalue weighted by atomic mass is 28.4. The Kier molecular flexibility index (Phi) is 4.61. The van der Waals surface area contributed by atoms with Crippen LogP contribution in [0.5, 0.6) is 0 Å². The highest BCUT2D eigenvalue weighted by Crippen LogP contribution is 2.42. The second-order valence-corrected chi connectivity index (χ2v) is 11.6. The van der Waals surface area contributed by atoms with Crippen LogP contribution in [-0.4, -0.2) is 14.9 Å². The first kappa shape index (κ1) is 16.0. The molecule has 0 radical (unpaired) electrons. The monoisotopic (exact) mass is 276 g/mol. The average Bonchev–Trinajstić information content (AvgIpc) is 2.71. The molecule has 0 heterocycles. The van der Waals surface area contributed by atoms with E-state index in [1.807, 2.05) is 6.08 Å². The number of hydrogen-bond donors (Lipinski definition) is 0. The van der Waals surface area contributed by atoms with E-state index in [2.05, 4.69) is 46.0 Å². The normalized spacial score (nSPS) is 21.1. The van der Waals surface area contributed by atoms with Gasteiger partial charge in [-0.15, -0.1) is 0 Å². The third-order valence-corrected chi connectivity index (χ3v) is 9.01. The topological polar surface area (TPSA) is 56.8 Å². The predicted molar refractivity (Wildman–Crippen MR) is 78.7 cm³/mol. The number of nitriles is 2. The molecule has 1 saturated carbocycles. The lowest BCUT2D eigenvalue weighted by molar-refractivity contribution is 0.326. The van der Waals surface area contributed by atoms with Crippen LogP contribution in [0.1, 0.15) is 40.0 Å². The molecule has 1 aliphatic rings. The molecule has 0 aromatic heterocycles. The summed E-state index contributed by atoms with van der Waals surface area (Å²) in [6, 6.07) is 4.36. The first-order chi connectivity index (χ1) is 8.68. The Bertz CT molecular complexity index is 432. The van der Waals surface area contributed by atoms with Crippen LogP contribution in [0.15, 0.2) is 11.6 Å². The van der Waals surface area contributed by atoms with Crippen molar-refractivity contribution in [2.45, 2.75) is 58.2 Å². The van der Waals surface area contributed by atoms with Gasteiger partial charge < -0.3 is 4.43 Å². The molecule has 104 valence electrons. The molecule has 0 N–H and O–H groups in total. The van der Waals surface area contributed by atoms with Crippen molar-refractivity contribution in [2.24, 2.45) is 5.41 Å². The highest BCUT2D eigenvalue weighted by molar-refractivity contribution is 6.74. The molecule has 0 bridgehead atoms. The summed E-state index contributed by atoms with van der Waals surface area (Å²) in [5.74, 6) is 0. The van der Waals surface area contributed by atoms with Gasteiger partial charge in [0.1, 0.15) is 0 Å². The van der Waals surface area contributed by atoms with Crippen LogP contribution in [-0.2, 0) is 4.43 Å². The summed E-state index contributed by atoms with van der Waals surface area (Å²) in [6.45, 7) is 11.6. The van der Waals surface area contributed by atoms with Crippen molar-refractivity contribution in [1.29, 1.82) is 10.5 Å². The van der Waals surface area contributed by atoms with E-state index in [-0.39, 0.29) is 5.04 Å². The van der Waals surface area contributed by atoms with E-state index in [0.29, 0.717) is 13.0 Å². The molecular weight excluding hydrogens is 252 g/mol. The second kappa shape index (κ2) is 5.49. The zero-order chi connectivity index (χ0) is 14.7. The Labute approximate surface area is 118 Å². The molecule has 1 fully saturated rings. The fourth-order valence-corrected chi connectivity index (χ4v) is 2.97. The molecule has 0 unspecified atom stereocenters. The first-order valence-corrected chi connectivity index (χ1v) is 9.75. The lowest BCUT2D eigenvalue weighted by atomic mass is 9.85. The van der Waals surface area contributed by atoms with Crippen molar-refractivity contribution in [1.82, 2.24) is 0 Å². The maximum atomic E-state index is 9.23. The zero-order valence-electron chi connectivity index (χ0n) is 12.7. The maximum Gasteiger partial charge on any atom is 0.192 e. The highest BCUT2D eigenvalue weighted by Gasteiger charge is 2.40. The molecule has 0 amide bonds. The van der Waals surface area contributed by atoms with Gasteiger partial charge in [-0.05, 0) is 43.0 Å². The molecule has 0 spiro atoms. The predicted octanol–water partition coefficient (Wildman–Crippen LogP) is 4.15. The van der Waals surface area contributed by atoms with Crippen molar-refractivity contribution < 1.29 is 4.43 Å². The van der Waals surface area contributed by atoms with Gasteiger partial charge in [-0.1, -0.05) is 26.8 Å². The minimum atomic E-state index is -1.75. The molecule has 4 heteroatoms. The molecule has 1 aliphatic carbocycles. The average molecular weight is 276 g/mol. The smallest absolute Gasteiger partial charge is 0.192 e. The molecule has 19 heavy (non-hydrogen) atoms. The molecular formula is C15H24N2OSi. The number of nitrogens with zero attached hydrogens (tertiary/aromatic N) is 2. The van der Waals surface area contributed by atoms with Gasteiger partial charge >= 0.3 is 0 Å². The van der Waals surface area contributed by atoms with Crippen LogP contribution in [0.3, 0.4) is 0 Å². The molecule has 3 nitrogen and oxygen atoms in total. The third kappa shape index (κ3) is 3.26. The van der Waals surface area contributed by atoms with E-state index in [1.54, 1.807) is 0 Å². The Balaban J connectivity index is 2.75. The lowest BCUT2D eigenvalue weighted by Crippen LogP contribution is -2.40. The van der Waals surface area contributed by atoms with Gasteiger partial charge in [0.2, 0.25) is 0 Å². The van der Waals surface area contributed by atoms with Crippen LogP contribution in [0, 0.1) is 28.1 Å². The van der Waals surface area contributed by atoms with Crippen molar-refractivity contribution in [3.8, 4) is 12.1 Å². The van der Waals surface area contributed by atoms with Gasteiger partial charge in [-0.25, -0.2) is 0 Å². The van der Waals surface area contributed by atoms with Crippen LogP contribution >= 0.6 is 0 Å². The molecule has 0 aromatic rings. The van der Waals surface area contributed by atoms with Crippen molar-refractivity contribution >= 4 is 8.32 Å². The van der Waals surface area contributed by atoms with E-state index < -0.39 is 13.7 Å². The van der Waals surface area contributed by atoms with E-state index in [0.717, 1.165) is 18.4 Å². The first-order valence-electron chi connectivity index (χ1n) is 6.84. The van der Waals surface area contributed by atoms with Crippen LogP contribution < -0.4 is 0 Å². The van der Waals surface area contributed by atoms with Crippen molar-refractivity contribution in [3.63, 3.8) is 0 Å². The zero-order valence-corrected chi connectivity index (χ0v) is 13.7. The van der Waals surface area contributed by atoms with Crippen molar-refractivity contribution in [3.05, 3.63) is 11.6 Å². The molecule has 0 saturated heterocycles. The van der Waals surface area contributed by atoms with Crippen LogP contribution in [0.4, 0.5) is 0 Å². The molecule has 0 atom stereocenters. The SMILES string of the molecule is CC(C)(C)[Si](C)(C)OC/C=C1/CCCC1(C#N)C#N. The summed E-state index contributed by atoms with van der Waals surface area (Å²) in [7, 11) is -1.75. The quantitative estimate of drug-likeness (QED) is 0.574. The lowest BCUT2D eigenvalue weighted by Gasteiger charge is -2.35. The third-order valence-electron chi connectivity index (χ3n) is 4.51. The van der Waals surface area contributed by atoms with Crippen LogP contribution in [0.2, 0.25) is 18.1 Å². The standard InChI is InChI=1S/C15H24N2OSi/c1-14(2,3)19(4,5)18-10-8-13-7-6-9-15(13,11-16)12-17/h8H,6-7,9-10H2,1-5H3/b13-8-. The van der Waals surface area contributed by atoms with Crippen LogP contribution in [0.25, 0.3) is 0 Å². The van der Waals surface area contributed by atoms with Gasteiger partial charge in [-0.3, -0.25) is 0 Å². The van der Waals surface area contributed by atoms with Gasteiger partial charge in [0, 0.05) is 0 Å². The summed E-state index contributed by atoms with van der Waals surface area (Å²) < 4.78 is 6.08. The Morgan fingerprint density at radius 2 is 1.89 bits per heavy atom. The van der Waals surface area contributed by atoms with Gasteiger partial charge in [0.25, 0.3) is 0 Å². The summed E-state index contributed by atoms with van der Waals surface area (Å²) in [4.78, 5) is 0. The Morgan fingerprint density at radius 3 is 2.37 bits per heavy atom. The summed E-state index contributed by atoms with van der Waals surface area (Å²) in [5, 5.41) is 18.6. The number of rotatable bonds is 3. The molecule has 0 aromatic carbocycles. The summed E-state index contributed by atoms with van der Waals surface area (Å²) in [6.07, 6.45) is 4.40. The van der Waals surface area contributed by atoms with Gasteiger partial charge in [-0.2, -0.15) is 10.5 Å². The number of hydrogen-bond acceptors (Lipinski definition) is 3. The Morgan fingerprint density at radius 1 is 1.32 bits per heavy atom.